The Morgan fingerprint density at radius 3 is 2.26 bits per heavy atom. The molecule has 2 atom stereocenters. The zero-order valence-electron chi connectivity index (χ0n) is 18.3. The zero-order valence-corrected chi connectivity index (χ0v) is 19.0. The second-order valence-corrected chi connectivity index (χ2v) is 8.53. The van der Waals surface area contributed by atoms with E-state index in [-0.39, 0.29) is 0 Å². The van der Waals surface area contributed by atoms with Crippen LogP contribution in [0, 0.1) is 11.3 Å². The van der Waals surface area contributed by atoms with Gasteiger partial charge in [0.2, 0.25) is 5.91 Å². The van der Waals surface area contributed by atoms with Crippen molar-refractivity contribution in [2.24, 2.45) is 0 Å². The topological polar surface area (TPSA) is 102 Å². The Hall–Kier alpha value is -4.15. The number of rotatable bonds is 6. The van der Waals surface area contributed by atoms with E-state index in [0.717, 1.165) is 16.0 Å². The lowest BCUT2D eigenvalue weighted by atomic mass is 9.91. The van der Waals surface area contributed by atoms with Crippen LogP contribution in [0.5, 0.6) is 0 Å². The molecule has 0 aliphatic carbocycles. The number of halogens is 1. The molecule has 170 valence electrons. The third kappa shape index (κ3) is 4.49. The summed E-state index contributed by atoms with van der Waals surface area (Å²) in [7, 11) is 0. The van der Waals surface area contributed by atoms with E-state index in [1.54, 1.807) is 43.3 Å². The van der Waals surface area contributed by atoms with Gasteiger partial charge in [-0.3, -0.25) is 14.5 Å². The number of carbonyl (C=O) groups excluding carboxylic acids is 3. The van der Waals surface area contributed by atoms with Gasteiger partial charge in [-0.15, -0.1) is 0 Å². The molecular formula is C26H21ClN4O3. The number of carbonyl (C=O) groups is 3. The van der Waals surface area contributed by atoms with E-state index in [1.807, 2.05) is 48.5 Å². The van der Waals surface area contributed by atoms with Gasteiger partial charge in [-0.2, -0.15) is 5.26 Å². The van der Waals surface area contributed by atoms with Gasteiger partial charge in [0.25, 0.3) is 5.91 Å². The molecule has 0 spiro atoms. The van der Waals surface area contributed by atoms with Crippen LogP contribution >= 0.6 is 11.6 Å². The zero-order chi connectivity index (χ0) is 24.3. The van der Waals surface area contributed by atoms with Crippen LogP contribution in [0.1, 0.15) is 35.2 Å². The standard InChI is InChI=1S/C26H21ClN4O3/c1-26(20-11-7-17(15-28)8-12-20)24(33)31(25(34)30-26)16-22(32)29-23(18-5-3-2-4-6-18)19-9-13-21(27)14-10-19/h2-14,23H,16H2,1H3,(H,29,32)(H,30,34). The maximum absolute atomic E-state index is 13.2. The molecule has 3 aromatic rings. The van der Waals surface area contributed by atoms with Gasteiger partial charge in [0.1, 0.15) is 12.1 Å². The Morgan fingerprint density at radius 2 is 1.65 bits per heavy atom. The molecule has 0 aromatic heterocycles. The molecule has 1 heterocycles. The van der Waals surface area contributed by atoms with Gasteiger partial charge in [-0.25, -0.2) is 4.79 Å². The fourth-order valence-electron chi connectivity index (χ4n) is 3.92. The Morgan fingerprint density at radius 1 is 1.03 bits per heavy atom. The van der Waals surface area contributed by atoms with E-state index in [9.17, 15) is 14.4 Å². The summed E-state index contributed by atoms with van der Waals surface area (Å²) in [5, 5.41) is 15.2. The molecule has 1 aliphatic rings. The Labute approximate surface area is 201 Å². The summed E-state index contributed by atoms with van der Waals surface area (Å²) in [6.07, 6.45) is 0. The van der Waals surface area contributed by atoms with Crippen molar-refractivity contribution in [3.63, 3.8) is 0 Å². The smallest absolute Gasteiger partial charge is 0.325 e. The average Bonchev–Trinajstić information content (AvgIpc) is 3.07. The highest BCUT2D eigenvalue weighted by atomic mass is 35.5. The van der Waals surface area contributed by atoms with Crippen LogP contribution in [0.3, 0.4) is 0 Å². The maximum atomic E-state index is 13.2. The van der Waals surface area contributed by atoms with Gasteiger partial charge in [0.05, 0.1) is 17.7 Å². The van der Waals surface area contributed by atoms with Gasteiger partial charge in [-0.1, -0.05) is 66.2 Å². The Bertz CT molecular complexity index is 1270. The van der Waals surface area contributed by atoms with Crippen LogP contribution in [0.2, 0.25) is 5.02 Å². The summed E-state index contributed by atoms with van der Waals surface area (Å²) >= 11 is 6.02. The normalized spacial score (nSPS) is 18.2. The van der Waals surface area contributed by atoms with Crippen molar-refractivity contribution < 1.29 is 14.4 Å². The highest BCUT2D eigenvalue weighted by molar-refractivity contribution is 6.30. The summed E-state index contributed by atoms with van der Waals surface area (Å²) in [5.74, 6) is -1.03. The minimum Gasteiger partial charge on any atom is -0.344 e. The molecule has 0 bridgehead atoms. The first-order chi connectivity index (χ1) is 16.3. The van der Waals surface area contributed by atoms with Crippen molar-refractivity contribution >= 4 is 29.4 Å². The number of amides is 4. The lowest BCUT2D eigenvalue weighted by Crippen LogP contribution is -2.44. The third-order valence-corrected chi connectivity index (χ3v) is 6.06. The molecule has 4 rings (SSSR count). The quantitative estimate of drug-likeness (QED) is 0.531. The summed E-state index contributed by atoms with van der Waals surface area (Å²) in [5.41, 5.74) is 1.28. The molecule has 0 saturated carbocycles. The fraction of sp³-hybridized carbons (Fsp3) is 0.154. The van der Waals surface area contributed by atoms with Gasteiger partial charge in [0.15, 0.2) is 0 Å². The SMILES string of the molecule is CC1(c2ccc(C#N)cc2)NC(=O)N(CC(=O)NC(c2ccccc2)c2ccc(Cl)cc2)C1=O. The molecule has 2 N–H and O–H groups in total. The summed E-state index contributed by atoms with van der Waals surface area (Å²) in [6.45, 7) is 1.14. The molecular weight excluding hydrogens is 452 g/mol. The van der Waals surface area contributed by atoms with E-state index in [4.69, 9.17) is 16.9 Å². The Kier molecular flexibility index (Phi) is 6.35. The van der Waals surface area contributed by atoms with Crippen LogP contribution in [-0.4, -0.2) is 29.3 Å². The fourth-order valence-corrected chi connectivity index (χ4v) is 4.05. The molecule has 34 heavy (non-hydrogen) atoms. The lowest BCUT2D eigenvalue weighted by Gasteiger charge is -2.23. The Balaban J connectivity index is 1.53. The van der Waals surface area contributed by atoms with E-state index < -0.39 is 36.0 Å². The van der Waals surface area contributed by atoms with E-state index in [0.29, 0.717) is 16.1 Å². The van der Waals surface area contributed by atoms with E-state index in [1.165, 1.54) is 0 Å². The van der Waals surface area contributed by atoms with Crippen LogP contribution in [-0.2, 0) is 15.1 Å². The van der Waals surface area contributed by atoms with Gasteiger partial charge < -0.3 is 10.6 Å². The number of imide groups is 1. The summed E-state index contributed by atoms with van der Waals surface area (Å²) < 4.78 is 0. The van der Waals surface area contributed by atoms with Crippen molar-refractivity contribution in [1.82, 2.24) is 15.5 Å². The van der Waals surface area contributed by atoms with Crippen molar-refractivity contribution in [3.05, 3.63) is 106 Å². The number of urea groups is 1. The molecule has 4 amide bonds. The van der Waals surface area contributed by atoms with Crippen molar-refractivity contribution in [3.8, 4) is 6.07 Å². The number of nitrogens with zero attached hydrogens (tertiary/aromatic N) is 2. The van der Waals surface area contributed by atoms with Crippen molar-refractivity contribution in [2.75, 3.05) is 6.54 Å². The van der Waals surface area contributed by atoms with E-state index >= 15 is 0 Å². The molecule has 3 aromatic carbocycles. The van der Waals surface area contributed by atoms with Gasteiger partial charge in [-0.05, 0) is 47.9 Å². The molecule has 1 saturated heterocycles. The monoisotopic (exact) mass is 472 g/mol. The first-order valence-corrected chi connectivity index (χ1v) is 10.9. The minimum atomic E-state index is -1.33. The highest BCUT2D eigenvalue weighted by Crippen LogP contribution is 2.29. The first-order valence-electron chi connectivity index (χ1n) is 10.6. The molecule has 8 heteroatoms. The van der Waals surface area contributed by atoms with E-state index in [2.05, 4.69) is 10.6 Å². The molecule has 1 fully saturated rings. The molecule has 0 radical (unpaired) electrons. The van der Waals surface area contributed by atoms with Gasteiger partial charge >= 0.3 is 6.03 Å². The number of hydrogen-bond donors (Lipinski definition) is 2. The number of hydrogen-bond acceptors (Lipinski definition) is 4. The van der Waals surface area contributed by atoms with Crippen LogP contribution in [0.4, 0.5) is 4.79 Å². The van der Waals surface area contributed by atoms with Gasteiger partial charge in [0, 0.05) is 5.02 Å². The second kappa shape index (κ2) is 9.38. The predicted octanol–water partition coefficient (Wildman–Crippen LogP) is 3.88. The lowest BCUT2D eigenvalue weighted by molar-refractivity contribution is -0.135. The van der Waals surface area contributed by atoms with Crippen LogP contribution in [0.15, 0.2) is 78.9 Å². The average molecular weight is 473 g/mol. The first kappa shape index (κ1) is 23.0. The molecule has 2 unspecified atom stereocenters. The summed E-state index contributed by atoms with van der Waals surface area (Å²) in [4.78, 5) is 39.7. The second-order valence-electron chi connectivity index (χ2n) is 8.10. The molecule has 7 nitrogen and oxygen atoms in total. The third-order valence-electron chi connectivity index (χ3n) is 5.81. The number of nitrogens with one attached hydrogen (secondary N) is 2. The highest BCUT2D eigenvalue weighted by Gasteiger charge is 2.49. The largest absolute Gasteiger partial charge is 0.344 e. The van der Waals surface area contributed by atoms with Crippen LogP contribution < -0.4 is 10.6 Å². The summed E-state index contributed by atoms with van der Waals surface area (Å²) in [6, 6.07) is 23.7. The minimum absolute atomic E-state index is 0.437. The number of nitriles is 1. The van der Waals surface area contributed by atoms with Crippen LogP contribution in [0.25, 0.3) is 0 Å². The van der Waals surface area contributed by atoms with Crippen molar-refractivity contribution in [1.29, 1.82) is 5.26 Å². The molecule has 1 aliphatic heterocycles. The number of benzene rings is 3. The van der Waals surface area contributed by atoms with Crippen molar-refractivity contribution in [2.45, 2.75) is 18.5 Å². The predicted molar refractivity (Wildman–Crippen MR) is 127 cm³/mol. The maximum Gasteiger partial charge on any atom is 0.325 e.